The number of nitrogens with one attached hydrogen (secondary N) is 2. The molecule has 0 aromatic carbocycles. The molecule has 0 rings (SSSR count). The molecule has 0 saturated carbocycles. The Labute approximate surface area is 120 Å². The lowest BCUT2D eigenvalue weighted by Gasteiger charge is -2.27. The Kier molecular flexibility index (Phi) is 13.1. The Bertz CT molecular complexity index is 174. The van der Waals surface area contributed by atoms with E-state index in [0.29, 0.717) is 0 Å². The average molecular weight is 291 g/mol. The van der Waals surface area contributed by atoms with Gasteiger partial charge in [0.25, 0.3) is 0 Å². The molecule has 0 aliphatic heterocycles. The van der Waals surface area contributed by atoms with E-state index in [0.717, 1.165) is 51.1 Å². The normalized spacial score (nSPS) is 12.0. The second-order valence-corrected chi connectivity index (χ2v) is 8.66. The maximum absolute atomic E-state index is 5.76. The molecular formula is C14H34N2O2Si. The van der Waals surface area contributed by atoms with Gasteiger partial charge in [-0.3, -0.25) is 0 Å². The van der Waals surface area contributed by atoms with Crippen molar-refractivity contribution in [3.05, 3.63) is 0 Å². The molecule has 19 heavy (non-hydrogen) atoms. The van der Waals surface area contributed by atoms with E-state index in [1.165, 1.54) is 12.8 Å². The van der Waals surface area contributed by atoms with E-state index in [9.17, 15) is 0 Å². The van der Waals surface area contributed by atoms with E-state index in [4.69, 9.17) is 8.85 Å². The molecular weight excluding hydrogens is 256 g/mol. The van der Waals surface area contributed by atoms with Crippen LogP contribution in [0.5, 0.6) is 0 Å². The fourth-order valence-electron chi connectivity index (χ4n) is 2.19. The molecule has 0 fully saturated rings. The summed E-state index contributed by atoms with van der Waals surface area (Å²) in [6.07, 6.45) is 4.69. The van der Waals surface area contributed by atoms with E-state index < -0.39 is 8.56 Å². The quantitative estimate of drug-likeness (QED) is 0.381. The van der Waals surface area contributed by atoms with Crippen molar-refractivity contribution >= 4 is 8.56 Å². The van der Waals surface area contributed by atoms with Gasteiger partial charge in [-0.25, -0.2) is 0 Å². The van der Waals surface area contributed by atoms with Crippen LogP contribution in [0.25, 0.3) is 0 Å². The third-order valence-corrected chi connectivity index (χ3v) is 7.14. The fraction of sp³-hybridized carbons (Fsp3) is 1.00. The Morgan fingerprint density at radius 2 is 1.16 bits per heavy atom. The van der Waals surface area contributed by atoms with Gasteiger partial charge in [0.2, 0.25) is 0 Å². The lowest BCUT2D eigenvalue weighted by Crippen LogP contribution is -2.41. The summed E-state index contributed by atoms with van der Waals surface area (Å²) in [7, 11) is 1.68. The van der Waals surface area contributed by atoms with Crippen molar-refractivity contribution in [3.63, 3.8) is 0 Å². The number of rotatable bonds is 14. The standard InChI is InChI=1S/C14H34N2O2Si/c1-5-9-15-11-7-13-19(17-3,18-4)14-8-12-16-10-6-2/h15-16H,5-14H2,1-4H3. The second kappa shape index (κ2) is 13.1. The summed E-state index contributed by atoms with van der Waals surface area (Å²) in [4.78, 5) is 0. The maximum Gasteiger partial charge on any atom is 0.337 e. The summed E-state index contributed by atoms with van der Waals surface area (Å²) in [5.41, 5.74) is 0. The van der Waals surface area contributed by atoms with Crippen molar-refractivity contribution in [1.29, 1.82) is 0 Å². The highest BCUT2D eigenvalue weighted by Crippen LogP contribution is 2.20. The molecule has 4 nitrogen and oxygen atoms in total. The molecule has 116 valence electrons. The van der Waals surface area contributed by atoms with Gasteiger partial charge in [-0.05, 0) is 64.0 Å². The van der Waals surface area contributed by atoms with Crippen LogP contribution < -0.4 is 10.6 Å². The average Bonchev–Trinajstić information content (AvgIpc) is 2.45. The molecule has 0 aliphatic rings. The summed E-state index contributed by atoms with van der Waals surface area (Å²) < 4.78 is 11.5. The van der Waals surface area contributed by atoms with E-state index in [1.807, 2.05) is 14.2 Å². The van der Waals surface area contributed by atoms with Gasteiger partial charge in [0.15, 0.2) is 0 Å². The zero-order valence-corrected chi connectivity index (χ0v) is 14.4. The minimum atomic E-state index is -1.94. The first-order valence-electron chi connectivity index (χ1n) is 7.76. The first-order valence-corrected chi connectivity index (χ1v) is 9.99. The topological polar surface area (TPSA) is 42.5 Å². The molecule has 0 amide bonds. The monoisotopic (exact) mass is 290 g/mol. The third-order valence-electron chi connectivity index (χ3n) is 3.42. The van der Waals surface area contributed by atoms with Gasteiger partial charge in [0.05, 0.1) is 0 Å². The van der Waals surface area contributed by atoms with Gasteiger partial charge in [-0.15, -0.1) is 0 Å². The Hall–Kier alpha value is 0.0569. The van der Waals surface area contributed by atoms with Gasteiger partial charge < -0.3 is 19.5 Å². The molecule has 2 N–H and O–H groups in total. The van der Waals surface area contributed by atoms with Gasteiger partial charge >= 0.3 is 8.56 Å². The zero-order valence-electron chi connectivity index (χ0n) is 13.4. The zero-order chi connectivity index (χ0) is 14.4. The molecule has 0 heterocycles. The summed E-state index contributed by atoms with van der Waals surface area (Å²) in [6, 6.07) is 2.18. The maximum atomic E-state index is 5.76. The second-order valence-electron chi connectivity index (χ2n) is 5.03. The Morgan fingerprint density at radius 1 is 0.737 bits per heavy atom. The highest BCUT2D eigenvalue weighted by molar-refractivity contribution is 6.67. The van der Waals surface area contributed by atoms with Crippen molar-refractivity contribution in [2.45, 2.75) is 51.6 Å². The predicted octanol–water partition coefficient (Wildman–Crippen LogP) is 2.50. The molecule has 5 heteroatoms. The highest BCUT2D eigenvalue weighted by atomic mass is 28.4. The molecule has 0 atom stereocenters. The molecule has 0 unspecified atom stereocenters. The Morgan fingerprint density at radius 3 is 1.47 bits per heavy atom. The minimum absolute atomic E-state index is 1.07. The van der Waals surface area contributed by atoms with Crippen molar-refractivity contribution < 1.29 is 8.85 Å². The first kappa shape index (κ1) is 19.1. The van der Waals surface area contributed by atoms with Gasteiger partial charge in [-0.1, -0.05) is 13.8 Å². The van der Waals surface area contributed by atoms with E-state index >= 15 is 0 Å². The molecule has 0 aliphatic carbocycles. The van der Waals surface area contributed by atoms with Gasteiger partial charge in [-0.2, -0.15) is 0 Å². The Balaban J connectivity index is 3.83. The van der Waals surface area contributed by atoms with Crippen LogP contribution in [0.3, 0.4) is 0 Å². The van der Waals surface area contributed by atoms with Crippen molar-refractivity contribution in [1.82, 2.24) is 10.6 Å². The molecule has 0 aromatic rings. The third kappa shape index (κ3) is 9.57. The van der Waals surface area contributed by atoms with Crippen molar-refractivity contribution in [3.8, 4) is 0 Å². The molecule has 0 bridgehead atoms. The van der Waals surface area contributed by atoms with Crippen LogP contribution in [0.4, 0.5) is 0 Å². The first-order chi connectivity index (χ1) is 9.24. The summed E-state index contributed by atoms with van der Waals surface area (Å²) in [6.45, 7) is 8.75. The van der Waals surface area contributed by atoms with Crippen molar-refractivity contribution in [2.75, 3.05) is 40.4 Å². The van der Waals surface area contributed by atoms with Crippen LogP contribution in [-0.2, 0) is 8.85 Å². The van der Waals surface area contributed by atoms with E-state index in [-0.39, 0.29) is 0 Å². The fourth-order valence-corrected chi connectivity index (χ4v) is 4.85. The van der Waals surface area contributed by atoms with Crippen LogP contribution >= 0.6 is 0 Å². The molecule has 0 spiro atoms. The van der Waals surface area contributed by atoms with Gasteiger partial charge in [0.1, 0.15) is 0 Å². The van der Waals surface area contributed by atoms with E-state index in [2.05, 4.69) is 24.5 Å². The van der Waals surface area contributed by atoms with Crippen LogP contribution in [0.1, 0.15) is 39.5 Å². The number of hydrogen-bond donors (Lipinski definition) is 2. The van der Waals surface area contributed by atoms with Crippen LogP contribution in [0, 0.1) is 0 Å². The SMILES string of the molecule is CCCNCCC[Si](CCCNCCC)(OC)OC. The van der Waals surface area contributed by atoms with Crippen molar-refractivity contribution in [2.24, 2.45) is 0 Å². The van der Waals surface area contributed by atoms with Crippen LogP contribution in [0.15, 0.2) is 0 Å². The lowest BCUT2D eigenvalue weighted by atomic mass is 10.4. The largest absolute Gasteiger partial charge is 0.398 e. The highest BCUT2D eigenvalue weighted by Gasteiger charge is 2.33. The van der Waals surface area contributed by atoms with Crippen LogP contribution in [0.2, 0.25) is 12.1 Å². The summed E-state index contributed by atoms with van der Waals surface area (Å²) in [5.74, 6) is 0. The van der Waals surface area contributed by atoms with Gasteiger partial charge in [0, 0.05) is 14.2 Å². The number of hydrogen-bond acceptors (Lipinski definition) is 4. The smallest absolute Gasteiger partial charge is 0.337 e. The summed E-state index contributed by atoms with van der Waals surface area (Å²) >= 11 is 0. The molecule has 0 radical (unpaired) electrons. The molecule has 0 saturated heterocycles. The lowest BCUT2D eigenvalue weighted by molar-refractivity contribution is 0.239. The van der Waals surface area contributed by atoms with E-state index in [1.54, 1.807) is 0 Å². The molecule has 0 aromatic heterocycles. The van der Waals surface area contributed by atoms with Crippen LogP contribution in [-0.4, -0.2) is 49.0 Å². The minimum Gasteiger partial charge on any atom is -0.398 e. The summed E-state index contributed by atoms with van der Waals surface area (Å²) in [5, 5.41) is 6.88. The predicted molar refractivity (Wildman–Crippen MR) is 84.9 cm³/mol.